The van der Waals surface area contributed by atoms with Crippen molar-refractivity contribution >= 4 is 51.9 Å². The lowest BCUT2D eigenvalue weighted by atomic mass is 10.2. The highest BCUT2D eigenvalue weighted by Crippen LogP contribution is 2.31. The SMILES string of the molecule is Cc1c(Cl)cccc1N=C1NC(=O)/C(=C/c2ccc([N+](=O)[O-])cc2)S1. The third-order valence-corrected chi connectivity index (χ3v) is 4.83. The number of carbonyl (C=O) groups excluding carboxylic acids is 1. The number of amidine groups is 1. The van der Waals surface area contributed by atoms with Crippen LogP contribution in [0.2, 0.25) is 5.02 Å². The van der Waals surface area contributed by atoms with Crippen molar-refractivity contribution in [2.75, 3.05) is 0 Å². The smallest absolute Gasteiger partial charge is 0.269 e. The topological polar surface area (TPSA) is 84.6 Å². The Labute approximate surface area is 152 Å². The van der Waals surface area contributed by atoms with Crippen molar-refractivity contribution in [3.8, 4) is 0 Å². The number of non-ortho nitro benzene ring substituents is 1. The minimum Gasteiger partial charge on any atom is -0.300 e. The maximum atomic E-state index is 12.1. The minimum absolute atomic E-state index is 0.00404. The van der Waals surface area contributed by atoms with E-state index in [-0.39, 0.29) is 11.6 Å². The van der Waals surface area contributed by atoms with E-state index in [2.05, 4.69) is 10.3 Å². The fourth-order valence-corrected chi connectivity index (χ4v) is 3.16. The van der Waals surface area contributed by atoms with Crippen molar-refractivity contribution in [2.45, 2.75) is 6.92 Å². The van der Waals surface area contributed by atoms with E-state index in [9.17, 15) is 14.9 Å². The van der Waals surface area contributed by atoms with E-state index in [0.29, 0.717) is 26.3 Å². The summed E-state index contributed by atoms with van der Waals surface area (Å²) in [6, 6.07) is 11.4. The molecule has 0 bridgehead atoms. The van der Waals surface area contributed by atoms with Crippen LogP contribution in [0.4, 0.5) is 11.4 Å². The van der Waals surface area contributed by atoms with Gasteiger partial charge in [-0.1, -0.05) is 17.7 Å². The first-order chi connectivity index (χ1) is 11.9. The summed E-state index contributed by atoms with van der Waals surface area (Å²) >= 11 is 7.28. The molecule has 1 amide bonds. The highest BCUT2D eigenvalue weighted by Gasteiger charge is 2.24. The van der Waals surface area contributed by atoms with Gasteiger partial charge in [-0.15, -0.1) is 0 Å². The maximum Gasteiger partial charge on any atom is 0.269 e. The Bertz CT molecular complexity index is 923. The molecule has 0 spiro atoms. The second kappa shape index (κ2) is 7.08. The molecule has 0 saturated carbocycles. The highest BCUT2D eigenvalue weighted by molar-refractivity contribution is 8.18. The van der Waals surface area contributed by atoms with Gasteiger partial charge in [0.1, 0.15) is 0 Å². The van der Waals surface area contributed by atoms with E-state index < -0.39 is 4.92 Å². The van der Waals surface area contributed by atoms with Gasteiger partial charge < -0.3 is 5.32 Å². The molecule has 0 aromatic heterocycles. The van der Waals surface area contributed by atoms with E-state index in [1.165, 1.54) is 23.9 Å². The number of nitro groups is 1. The van der Waals surface area contributed by atoms with E-state index in [0.717, 1.165) is 5.56 Å². The van der Waals surface area contributed by atoms with Gasteiger partial charge in [-0.3, -0.25) is 14.9 Å². The lowest BCUT2D eigenvalue weighted by molar-refractivity contribution is -0.384. The monoisotopic (exact) mass is 373 g/mol. The Balaban J connectivity index is 1.83. The summed E-state index contributed by atoms with van der Waals surface area (Å²) < 4.78 is 0. The van der Waals surface area contributed by atoms with E-state index in [1.807, 2.05) is 13.0 Å². The largest absolute Gasteiger partial charge is 0.300 e. The lowest BCUT2D eigenvalue weighted by Gasteiger charge is -2.02. The number of nitrogens with zero attached hydrogens (tertiary/aromatic N) is 2. The average molecular weight is 374 g/mol. The number of hydrogen-bond acceptors (Lipinski definition) is 5. The zero-order valence-corrected chi connectivity index (χ0v) is 14.6. The predicted molar refractivity (Wildman–Crippen MR) is 100 cm³/mol. The van der Waals surface area contributed by atoms with Crippen LogP contribution in [0.15, 0.2) is 52.4 Å². The molecule has 0 radical (unpaired) electrons. The van der Waals surface area contributed by atoms with Gasteiger partial charge in [0, 0.05) is 17.2 Å². The summed E-state index contributed by atoms with van der Waals surface area (Å²) in [6.07, 6.45) is 1.66. The first-order valence-corrected chi connectivity index (χ1v) is 8.42. The number of halogens is 1. The van der Waals surface area contributed by atoms with Crippen molar-refractivity contribution < 1.29 is 9.72 Å². The summed E-state index contributed by atoms with van der Waals surface area (Å²) in [5, 5.41) is 14.4. The van der Waals surface area contributed by atoms with Crippen LogP contribution in [0.3, 0.4) is 0 Å². The van der Waals surface area contributed by atoms with Crippen LogP contribution in [-0.2, 0) is 4.79 Å². The quantitative estimate of drug-likeness (QED) is 0.489. The van der Waals surface area contributed by atoms with Crippen LogP contribution in [-0.4, -0.2) is 16.0 Å². The molecule has 0 aliphatic carbocycles. The summed E-state index contributed by atoms with van der Waals surface area (Å²) in [5.41, 5.74) is 2.22. The number of amides is 1. The first kappa shape index (κ1) is 17.2. The van der Waals surface area contributed by atoms with Crippen molar-refractivity contribution in [2.24, 2.45) is 4.99 Å². The molecule has 8 heteroatoms. The number of nitro benzene ring substituents is 1. The number of benzene rings is 2. The standard InChI is InChI=1S/C17H12ClN3O3S/c1-10-13(18)3-2-4-14(10)19-17-20-16(22)15(25-17)9-11-5-7-12(8-6-11)21(23)24/h2-9H,1H3,(H,19,20,22)/b15-9-. The number of thioether (sulfide) groups is 1. The predicted octanol–water partition coefficient (Wildman–Crippen LogP) is 4.45. The van der Waals surface area contributed by atoms with E-state index in [4.69, 9.17) is 11.6 Å². The zero-order chi connectivity index (χ0) is 18.0. The van der Waals surface area contributed by atoms with Gasteiger partial charge >= 0.3 is 0 Å². The Morgan fingerprint density at radius 2 is 1.96 bits per heavy atom. The number of nitrogens with one attached hydrogen (secondary N) is 1. The lowest BCUT2D eigenvalue weighted by Crippen LogP contribution is -2.19. The summed E-state index contributed by atoms with van der Waals surface area (Å²) in [5.74, 6) is -0.262. The molecule has 6 nitrogen and oxygen atoms in total. The molecule has 25 heavy (non-hydrogen) atoms. The fourth-order valence-electron chi connectivity index (χ4n) is 2.15. The van der Waals surface area contributed by atoms with E-state index >= 15 is 0 Å². The Hall–Kier alpha value is -2.64. The van der Waals surface area contributed by atoms with Crippen molar-refractivity contribution in [1.82, 2.24) is 5.32 Å². The van der Waals surface area contributed by atoms with Gasteiger partial charge in [0.15, 0.2) is 5.17 Å². The molecule has 0 unspecified atom stereocenters. The van der Waals surface area contributed by atoms with Gasteiger partial charge in [-0.2, -0.15) is 0 Å². The molecule has 0 atom stereocenters. The third-order valence-electron chi connectivity index (χ3n) is 3.51. The molecule has 1 saturated heterocycles. The number of aliphatic imine (C=N–C) groups is 1. The molecular formula is C17H12ClN3O3S. The van der Waals surface area contributed by atoms with Gasteiger partial charge in [0.05, 0.1) is 15.5 Å². The second-order valence-corrected chi connectivity index (χ2v) is 6.65. The molecule has 2 aromatic rings. The normalized spacial score (nSPS) is 17.1. The molecule has 3 rings (SSSR count). The maximum absolute atomic E-state index is 12.1. The Kier molecular flexibility index (Phi) is 4.87. The third kappa shape index (κ3) is 3.89. The average Bonchev–Trinajstić information content (AvgIpc) is 2.92. The molecule has 1 heterocycles. The number of rotatable bonds is 3. The number of hydrogen-bond donors (Lipinski definition) is 1. The van der Waals surface area contributed by atoms with Gasteiger partial charge in [0.2, 0.25) is 0 Å². The Morgan fingerprint density at radius 1 is 1.24 bits per heavy atom. The van der Waals surface area contributed by atoms with Gasteiger partial charge in [-0.25, -0.2) is 4.99 Å². The zero-order valence-electron chi connectivity index (χ0n) is 13.0. The Morgan fingerprint density at radius 3 is 2.64 bits per heavy atom. The summed E-state index contributed by atoms with van der Waals surface area (Å²) in [4.78, 5) is 27.2. The van der Waals surface area contributed by atoms with Gasteiger partial charge in [-0.05, 0) is 60.2 Å². The fraction of sp³-hybridized carbons (Fsp3) is 0.0588. The first-order valence-electron chi connectivity index (χ1n) is 7.23. The van der Waals surface area contributed by atoms with Crippen LogP contribution < -0.4 is 5.32 Å². The molecule has 126 valence electrons. The molecule has 1 aliphatic heterocycles. The van der Waals surface area contributed by atoms with Crippen molar-refractivity contribution in [1.29, 1.82) is 0 Å². The van der Waals surface area contributed by atoms with Crippen LogP contribution in [0.25, 0.3) is 6.08 Å². The molecule has 1 aliphatic rings. The molecule has 1 fully saturated rings. The van der Waals surface area contributed by atoms with Gasteiger partial charge in [0.25, 0.3) is 11.6 Å². The highest BCUT2D eigenvalue weighted by atomic mass is 35.5. The van der Waals surface area contributed by atoms with Crippen LogP contribution in [0.5, 0.6) is 0 Å². The van der Waals surface area contributed by atoms with Crippen molar-refractivity contribution in [3.05, 3.63) is 73.6 Å². The van der Waals surface area contributed by atoms with Crippen LogP contribution >= 0.6 is 23.4 Å². The van der Waals surface area contributed by atoms with Crippen LogP contribution in [0.1, 0.15) is 11.1 Å². The number of carbonyl (C=O) groups is 1. The summed E-state index contributed by atoms with van der Waals surface area (Å²) in [7, 11) is 0. The molecule has 1 N–H and O–H groups in total. The molecule has 2 aromatic carbocycles. The van der Waals surface area contributed by atoms with Crippen molar-refractivity contribution in [3.63, 3.8) is 0 Å². The molecular weight excluding hydrogens is 362 g/mol. The summed E-state index contributed by atoms with van der Waals surface area (Å²) in [6.45, 7) is 1.86. The minimum atomic E-state index is -0.466. The van der Waals surface area contributed by atoms with E-state index in [1.54, 1.807) is 30.3 Å². The van der Waals surface area contributed by atoms with Crippen LogP contribution in [0, 0.1) is 17.0 Å². The second-order valence-electron chi connectivity index (χ2n) is 5.21.